The van der Waals surface area contributed by atoms with E-state index in [-0.39, 0.29) is 5.92 Å². The highest BCUT2D eigenvalue weighted by molar-refractivity contribution is 5.70. The van der Waals surface area contributed by atoms with Crippen LogP contribution in [0.5, 0.6) is 0 Å². The average molecular weight is 253 g/mol. The van der Waals surface area contributed by atoms with Crippen LogP contribution in [0.15, 0.2) is 0 Å². The van der Waals surface area contributed by atoms with Gasteiger partial charge in [-0.15, -0.1) is 0 Å². The minimum atomic E-state index is -0.604. The van der Waals surface area contributed by atoms with Crippen LogP contribution in [0.4, 0.5) is 0 Å². The molecule has 0 amide bonds. The molecule has 2 fully saturated rings. The molecule has 0 saturated heterocycles. The fourth-order valence-corrected chi connectivity index (χ4v) is 3.41. The molecule has 0 aromatic heterocycles. The number of hydrogen-bond donors (Lipinski definition) is 2. The number of carboxylic acids is 1. The van der Waals surface area contributed by atoms with E-state index >= 15 is 0 Å². The van der Waals surface area contributed by atoms with Gasteiger partial charge < -0.3 is 10.4 Å². The Hall–Kier alpha value is -0.570. The van der Waals surface area contributed by atoms with Crippen LogP contribution in [0, 0.1) is 11.3 Å². The fourth-order valence-electron chi connectivity index (χ4n) is 3.41. The van der Waals surface area contributed by atoms with E-state index in [1.54, 1.807) is 0 Å². The molecule has 0 unspecified atom stereocenters. The molecule has 0 atom stereocenters. The molecule has 18 heavy (non-hydrogen) atoms. The standard InChI is InChI=1S/C15H27NO2/c1-15(2)9-7-13(8-10-15)16-12-5-3-11(4-6-12)14(17)18/h11-13,16H,3-10H2,1-2H3,(H,17,18). The second kappa shape index (κ2) is 5.60. The van der Waals surface area contributed by atoms with Gasteiger partial charge in [0, 0.05) is 12.1 Å². The van der Waals surface area contributed by atoms with Crippen LogP contribution < -0.4 is 5.32 Å². The summed E-state index contributed by atoms with van der Waals surface area (Å²) in [5.41, 5.74) is 0.527. The summed E-state index contributed by atoms with van der Waals surface area (Å²) in [5.74, 6) is -0.693. The lowest BCUT2D eigenvalue weighted by Gasteiger charge is -2.37. The molecular weight excluding hydrogens is 226 g/mol. The summed E-state index contributed by atoms with van der Waals surface area (Å²) in [5, 5.41) is 12.7. The van der Waals surface area contributed by atoms with Gasteiger partial charge in [0.1, 0.15) is 0 Å². The van der Waals surface area contributed by atoms with Crippen molar-refractivity contribution >= 4 is 5.97 Å². The van der Waals surface area contributed by atoms with E-state index < -0.39 is 5.97 Å². The monoisotopic (exact) mass is 253 g/mol. The van der Waals surface area contributed by atoms with Crippen LogP contribution in [0.2, 0.25) is 0 Å². The normalized spacial score (nSPS) is 33.2. The minimum Gasteiger partial charge on any atom is -0.481 e. The Morgan fingerprint density at radius 1 is 1.00 bits per heavy atom. The molecule has 2 N–H and O–H groups in total. The molecule has 0 aliphatic heterocycles. The highest BCUT2D eigenvalue weighted by atomic mass is 16.4. The molecule has 2 saturated carbocycles. The summed E-state index contributed by atoms with van der Waals surface area (Å²) in [7, 11) is 0. The lowest BCUT2D eigenvalue weighted by Crippen LogP contribution is -2.43. The first-order chi connectivity index (χ1) is 8.46. The van der Waals surface area contributed by atoms with Crippen molar-refractivity contribution in [1.29, 1.82) is 0 Å². The number of rotatable bonds is 3. The molecular formula is C15H27NO2. The summed E-state index contributed by atoms with van der Waals surface area (Å²) in [6, 6.07) is 1.23. The Morgan fingerprint density at radius 3 is 2.00 bits per heavy atom. The molecule has 2 rings (SSSR count). The number of carboxylic acid groups (broad SMARTS) is 1. The zero-order valence-corrected chi connectivity index (χ0v) is 11.7. The number of aliphatic carboxylic acids is 1. The molecule has 3 heteroatoms. The fraction of sp³-hybridized carbons (Fsp3) is 0.933. The molecule has 2 aliphatic carbocycles. The Bertz CT molecular complexity index is 283. The topological polar surface area (TPSA) is 49.3 Å². The number of hydrogen-bond acceptors (Lipinski definition) is 2. The van der Waals surface area contributed by atoms with Crippen LogP contribution in [-0.4, -0.2) is 23.2 Å². The summed E-state index contributed by atoms with van der Waals surface area (Å²) in [6.07, 6.45) is 8.98. The SMILES string of the molecule is CC1(C)CCC(NC2CCC(C(=O)O)CC2)CC1. The van der Waals surface area contributed by atoms with Crippen LogP contribution in [-0.2, 0) is 4.79 Å². The van der Waals surface area contributed by atoms with E-state index in [0.29, 0.717) is 17.5 Å². The van der Waals surface area contributed by atoms with E-state index in [1.807, 2.05) is 0 Å². The Labute approximate surface area is 110 Å². The van der Waals surface area contributed by atoms with Crippen molar-refractivity contribution in [1.82, 2.24) is 5.32 Å². The molecule has 0 aromatic rings. The van der Waals surface area contributed by atoms with Crippen LogP contribution in [0.25, 0.3) is 0 Å². The molecule has 104 valence electrons. The second-order valence-electron chi connectivity index (χ2n) is 6.99. The number of carbonyl (C=O) groups is 1. The lowest BCUT2D eigenvalue weighted by molar-refractivity contribution is -0.142. The second-order valence-corrected chi connectivity index (χ2v) is 6.99. The lowest BCUT2D eigenvalue weighted by atomic mass is 9.75. The summed E-state index contributed by atoms with van der Waals surface area (Å²) in [6.45, 7) is 4.72. The smallest absolute Gasteiger partial charge is 0.306 e. The predicted molar refractivity (Wildman–Crippen MR) is 72.6 cm³/mol. The van der Waals surface area contributed by atoms with Crippen molar-refractivity contribution < 1.29 is 9.90 Å². The largest absolute Gasteiger partial charge is 0.481 e. The molecule has 0 aromatic carbocycles. The van der Waals surface area contributed by atoms with Crippen molar-refractivity contribution in [3.05, 3.63) is 0 Å². The van der Waals surface area contributed by atoms with Crippen molar-refractivity contribution in [2.45, 2.75) is 77.3 Å². The van der Waals surface area contributed by atoms with Crippen LogP contribution in [0.3, 0.4) is 0 Å². The Balaban J connectivity index is 1.71. The third-order valence-electron chi connectivity index (χ3n) is 4.89. The van der Waals surface area contributed by atoms with E-state index in [0.717, 1.165) is 25.7 Å². The van der Waals surface area contributed by atoms with Crippen molar-refractivity contribution in [2.24, 2.45) is 11.3 Å². The van der Waals surface area contributed by atoms with Crippen LogP contribution >= 0.6 is 0 Å². The average Bonchev–Trinajstić information content (AvgIpc) is 2.33. The maximum atomic E-state index is 10.9. The molecule has 0 heterocycles. The molecule has 0 spiro atoms. The minimum absolute atomic E-state index is 0.0895. The van der Waals surface area contributed by atoms with Gasteiger partial charge in [0.15, 0.2) is 0 Å². The summed E-state index contributed by atoms with van der Waals surface area (Å²) >= 11 is 0. The third-order valence-corrected chi connectivity index (χ3v) is 4.89. The number of nitrogens with one attached hydrogen (secondary N) is 1. The van der Waals surface area contributed by atoms with Gasteiger partial charge in [-0.1, -0.05) is 13.8 Å². The highest BCUT2D eigenvalue weighted by Gasteiger charge is 2.30. The van der Waals surface area contributed by atoms with Crippen molar-refractivity contribution in [3.8, 4) is 0 Å². The zero-order chi connectivity index (χ0) is 13.2. The van der Waals surface area contributed by atoms with Crippen LogP contribution in [0.1, 0.15) is 65.2 Å². The van der Waals surface area contributed by atoms with Gasteiger partial charge in [0.25, 0.3) is 0 Å². The Kier molecular flexibility index (Phi) is 4.31. The Morgan fingerprint density at radius 2 is 1.50 bits per heavy atom. The van der Waals surface area contributed by atoms with Gasteiger partial charge in [-0.3, -0.25) is 4.79 Å². The van der Waals surface area contributed by atoms with Gasteiger partial charge in [0.2, 0.25) is 0 Å². The quantitative estimate of drug-likeness (QED) is 0.812. The van der Waals surface area contributed by atoms with Gasteiger partial charge >= 0.3 is 5.97 Å². The maximum Gasteiger partial charge on any atom is 0.306 e. The molecule has 3 nitrogen and oxygen atoms in total. The van der Waals surface area contributed by atoms with Gasteiger partial charge in [0.05, 0.1) is 5.92 Å². The first-order valence-electron chi connectivity index (χ1n) is 7.45. The summed E-state index contributed by atoms with van der Waals surface area (Å²) < 4.78 is 0. The molecule has 2 aliphatic rings. The zero-order valence-electron chi connectivity index (χ0n) is 11.7. The van der Waals surface area contributed by atoms with Gasteiger partial charge in [-0.25, -0.2) is 0 Å². The van der Waals surface area contributed by atoms with E-state index in [4.69, 9.17) is 5.11 Å². The van der Waals surface area contributed by atoms with Gasteiger partial charge in [-0.05, 0) is 56.8 Å². The first-order valence-corrected chi connectivity index (χ1v) is 7.45. The van der Waals surface area contributed by atoms with E-state index in [9.17, 15) is 4.79 Å². The van der Waals surface area contributed by atoms with E-state index in [1.165, 1.54) is 25.7 Å². The predicted octanol–water partition coefficient (Wildman–Crippen LogP) is 3.19. The van der Waals surface area contributed by atoms with Crippen molar-refractivity contribution in [2.75, 3.05) is 0 Å². The highest BCUT2D eigenvalue weighted by Crippen LogP contribution is 2.35. The summed E-state index contributed by atoms with van der Waals surface area (Å²) in [4.78, 5) is 10.9. The maximum absolute atomic E-state index is 10.9. The molecule has 0 bridgehead atoms. The van der Waals surface area contributed by atoms with Gasteiger partial charge in [-0.2, -0.15) is 0 Å². The van der Waals surface area contributed by atoms with Crippen molar-refractivity contribution in [3.63, 3.8) is 0 Å². The molecule has 0 radical (unpaired) electrons. The van der Waals surface area contributed by atoms with E-state index in [2.05, 4.69) is 19.2 Å². The third kappa shape index (κ3) is 3.71. The first kappa shape index (κ1) is 13.9.